The average molecular weight is 295 g/mol. The second-order valence-corrected chi connectivity index (χ2v) is 5.74. The van der Waals surface area contributed by atoms with Crippen molar-refractivity contribution in [1.82, 2.24) is 9.47 Å². The molecule has 120 valence electrons. The number of aromatic nitrogens is 1. The number of aliphatic hydroxyl groups excluding tert-OH is 1. The minimum atomic E-state index is -0.0500. The Morgan fingerprint density at radius 2 is 2.05 bits per heavy atom. The number of rotatable bonds is 9. The van der Waals surface area contributed by atoms with Gasteiger partial charge in [0.05, 0.1) is 12.3 Å². The number of carbonyl (C=O) groups is 1. The Hall–Kier alpha value is -1.49. The summed E-state index contributed by atoms with van der Waals surface area (Å²) in [6.45, 7) is 7.24. The summed E-state index contributed by atoms with van der Waals surface area (Å²) in [5, 5.41) is 9.19. The number of aliphatic hydroxyl groups is 1. The van der Waals surface area contributed by atoms with Crippen molar-refractivity contribution >= 4 is 11.6 Å². The Balaban J connectivity index is 2.80. The quantitative estimate of drug-likeness (QED) is 0.688. The van der Waals surface area contributed by atoms with Crippen LogP contribution in [0.25, 0.3) is 0 Å². The molecule has 5 heteroatoms. The van der Waals surface area contributed by atoms with Crippen molar-refractivity contribution in [2.45, 2.75) is 52.5 Å². The lowest BCUT2D eigenvalue weighted by Crippen LogP contribution is -2.35. The lowest BCUT2D eigenvalue weighted by atomic mass is 10.2. The standard InChI is InChI=1S/C16H29N3O2/c1-4-5-6-7-8-18(9-10-20)16(21)15-11-14(17)12-19(15)13(2)3/h11-13,20H,4-10,17H2,1-3H3. The van der Waals surface area contributed by atoms with E-state index in [4.69, 9.17) is 5.73 Å². The first-order valence-electron chi connectivity index (χ1n) is 7.88. The molecule has 0 saturated carbocycles. The predicted molar refractivity (Wildman–Crippen MR) is 86.4 cm³/mol. The van der Waals surface area contributed by atoms with Crippen molar-refractivity contribution in [2.24, 2.45) is 0 Å². The third-order valence-electron chi connectivity index (χ3n) is 3.58. The van der Waals surface area contributed by atoms with Gasteiger partial charge in [-0.3, -0.25) is 4.79 Å². The number of anilines is 1. The van der Waals surface area contributed by atoms with Gasteiger partial charge in [-0.15, -0.1) is 0 Å². The molecule has 0 radical (unpaired) electrons. The van der Waals surface area contributed by atoms with E-state index in [1.54, 1.807) is 17.2 Å². The summed E-state index contributed by atoms with van der Waals surface area (Å²) in [7, 11) is 0. The van der Waals surface area contributed by atoms with Gasteiger partial charge in [-0.05, 0) is 26.3 Å². The molecule has 1 amide bonds. The maximum atomic E-state index is 12.7. The molecule has 3 N–H and O–H groups in total. The Labute approximate surface area is 127 Å². The first kappa shape index (κ1) is 17.6. The summed E-state index contributed by atoms with van der Waals surface area (Å²) in [6, 6.07) is 1.90. The van der Waals surface area contributed by atoms with Crippen LogP contribution in [0.3, 0.4) is 0 Å². The predicted octanol–water partition coefficient (Wildman–Crippen LogP) is 2.67. The van der Waals surface area contributed by atoms with Gasteiger partial charge in [-0.1, -0.05) is 26.2 Å². The highest BCUT2D eigenvalue weighted by molar-refractivity contribution is 5.94. The van der Waals surface area contributed by atoms with Crippen molar-refractivity contribution < 1.29 is 9.90 Å². The fourth-order valence-electron chi connectivity index (χ4n) is 2.43. The largest absolute Gasteiger partial charge is 0.397 e. The van der Waals surface area contributed by atoms with Crippen molar-refractivity contribution in [3.05, 3.63) is 18.0 Å². The molecule has 21 heavy (non-hydrogen) atoms. The fourth-order valence-corrected chi connectivity index (χ4v) is 2.43. The maximum absolute atomic E-state index is 12.7. The van der Waals surface area contributed by atoms with E-state index in [0.717, 1.165) is 12.8 Å². The summed E-state index contributed by atoms with van der Waals surface area (Å²) < 4.78 is 1.90. The van der Waals surface area contributed by atoms with Gasteiger partial charge in [0, 0.05) is 25.3 Å². The Kier molecular flexibility index (Phi) is 7.29. The minimum absolute atomic E-state index is 0.0165. The number of unbranched alkanes of at least 4 members (excludes halogenated alkanes) is 3. The number of amides is 1. The number of nitrogens with two attached hydrogens (primary N) is 1. The van der Waals surface area contributed by atoms with Crippen molar-refractivity contribution in [3.8, 4) is 0 Å². The summed E-state index contributed by atoms with van der Waals surface area (Å²) in [6.07, 6.45) is 6.22. The van der Waals surface area contributed by atoms with Gasteiger partial charge in [0.1, 0.15) is 5.69 Å². The van der Waals surface area contributed by atoms with E-state index in [0.29, 0.717) is 24.5 Å². The molecular weight excluding hydrogens is 266 g/mol. The fraction of sp³-hybridized carbons (Fsp3) is 0.688. The maximum Gasteiger partial charge on any atom is 0.270 e. The number of carbonyl (C=O) groups excluding carboxylic acids is 1. The Bertz CT molecular complexity index is 441. The number of hydrogen-bond donors (Lipinski definition) is 2. The molecule has 0 fully saturated rings. The number of hydrogen-bond acceptors (Lipinski definition) is 3. The van der Waals surface area contributed by atoms with Crippen molar-refractivity contribution in [2.75, 3.05) is 25.4 Å². The number of nitrogen functional groups attached to an aromatic ring is 1. The Morgan fingerprint density at radius 3 is 2.62 bits per heavy atom. The summed E-state index contributed by atoms with van der Waals surface area (Å²) >= 11 is 0. The topological polar surface area (TPSA) is 71.5 Å². The Morgan fingerprint density at radius 1 is 1.33 bits per heavy atom. The molecule has 0 aliphatic carbocycles. The molecule has 0 aromatic carbocycles. The molecule has 0 saturated heterocycles. The first-order chi connectivity index (χ1) is 10.0. The van der Waals surface area contributed by atoms with E-state index in [2.05, 4.69) is 6.92 Å². The third kappa shape index (κ3) is 5.08. The molecule has 1 aromatic heterocycles. The smallest absolute Gasteiger partial charge is 0.270 e. The van der Waals surface area contributed by atoms with Crippen molar-refractivity contribution in [3.63, 3.8) is 0 Å². The second kappa shape index (κ2) is 8.72. The van der Waals surface area contributed by atoms with Crippen LogP contribution in [0.15, 0.2) is 12.3 Å². The SMILES string of the molecule is CCCCCCN(CCO)C(=O)c1cc(N)cn1C(C)C. The molecule has 1 heterocycles. The van der Waals surface area contributed by atoms with E-state index < -0.39 is 0 Å². The van der Waals surface area contributed by atoms with Crippen LogP contribution in [-0.2, 0) is 0 Å². The average Bonchev–Trinajstić information content (AvgIpc) is 2.84. The lowest BCUT2D eigenvalue weighted by Gasteiger charge is -2.23. The molecule has 0 spiro atoms. The summed E-state index contributed by atoms with van der Waals surface area (Å²) in [4.78, 5) is 14.4. The van der Waals surface area contributed by atoms with Gasteiger partial charge in [-0.2, -0.15) is 0 Å². The van der Waals surface area contributed by atoms with Gasteiger partial charge >= 0.3 is 0 Å². The monoisotopic (exact) mass is 295 g/mol. The second-order valence-electron chi connectivity index (χ2n) is 5.74. The minimum Gasteiger partial charge on any atom is -0.397 e. The highest BCUT2D eigenvalue weighted by Gasteiger charge is 2.20. The van der Waals surface area contributed by atoms with Gasteiger partial charge in [0.25, 0.3) is 5.91 Å². The zero-order valence-electron chi connectivity index (χ0n) is 13.5. The molecule has 0 aliphatic rings. The molecule has 1 aromatic rings. The zero-order chi connectivity index (χ0) is 15.8. The zero-order valence-corrected chi connectivity index (χ0v) is 13.5. The van der Waals surface area contributed by atoms with Gasteiger partial charge in [0.2, 0.25) is 0 Å². The highest BCUT2D eigenvalue weighted by Crippen LogP contribution is 2.18. The molecule has 0 bridgehead atoms. The van der Waals surface area contributed by atoms with Gasteiger partial charge in [0.15, 0.2) is 0 Å². The molecule has 5 nitrogen and oxygen atoms in total. The van der Waals surface area contributed by atoms with Gasteiger partial charge < -0.3 is 20.3 Å². The van der Waals surface area contributed by atoms with E-state index in [-0.39, 0.29) is 18.6 Å². The molecule has 0 unspecified atom stereocenters. The molecule has 1 rings (SSSR count). The normalized spacial score (nSPS) is 11.1. The first-order valence-corrected chi connectivity index (χ1v) is 7.88. The van der Waals surface area contributed by atoms with Crippen LogP contribution < -0.4 is 5.73 Å². The van der Waals surface area contributed by atoms with Gasteiger partial charge in [-0.25, -0.2) is 0 Å². The summed E-state index contributed by atoms with van der Waals surface area (Å²) in [5.41, 5.74) is 7.03. The number of nitrogens with zero attached hydrogens (tertiary/aromatic N) is 2. The van der Waals surface area contributed by atoms with E-state index in [9.17, 15) is 9.90 Å². The van der Waals surface area contributed by atoms with Crippen LogP contribution in [0.5, 0.6) is 0 Å². The van der Waals surface area contributed by atoms with Crippen LogP contribution in [-0.4, -0.2) is 40.2 Å². The van der Waals surface area contributed by atoms with E-state index in [1.807, 2.05) is 18.4 Å². The van der Waals surface area contributed by atoms with Crippen molar-refractivity contribution in [1.29, 1.82) is 0 Å². The van der Waals surface area contributed by atoms with Crippen LogP contribution >= 0.6 is 0 Å². The molecule has 0 aliphatic heterocycles. The summed E-state index contributed by atoms with van der Waals surface area (Å²) in [5.74, 6) is -0.0500. The molecule has 0 atom stereocenters. The third-order valence-corrected chi connectivity index (χ3v) is 3.58. The van der Waals surface area contributed by atoms with Crippen LogP contribution in [0.4, 0.5) is 5.69 Å². The van der Waals surface area contributed by atoms with Crippen LogP contribution in [0.1, 0.15) is 63.0 Å². The van der Waals surface area contributed by atoms with Crippen LogP contribution in [0.2, 0.25) is 0 Å². The van der Waals surface area contributed by atoms with Crippen LogP contribution in [0, 0.1) is 0 Å². The lowest BCUT2D eigenvalue weighted by molar-refractivity contribution is 0.0706. The van der Waals surface area contributed by atoms with E-state index >= 15 is 0 Å². The highest BCUT2D eigenvalue weighted by atomic mass is 16.3. The molecular formula is C16H29N3O2. The van der Waals surface area contributed by atoms with E-state index in [1.165, 1.54) is 12.8 Å².